The number of aliphatic imine (C=N–C) groups is 2. The summed E-state index contributed by atoms with van der Waals surface area (Å²) in [5.74, 6) is 4.19. The summed E-state index contributed by atoms with van der Waals surface area (Å²) in [4.78, 5) is 30.4. The normalized spacial score (nSPS) is 12.0. The summed E-state index contributed by atoms with van der Waals surface area (Å²) in [5, 5.41) is 8.74. The summed E-state index contributed by atoms with van der Waals surface area (Å²) in [6.07, 6.45) is 12.5. The zero-order valence-corrected chi connectivity index (χ0v) is 49.1. The summed E-state index contributed by atoms with van der Waals surface area (Å²) in [5.41, 5.74) is 8.56. The van der Waals surface area contributed by atoms with Crippen molar-refractivity contribution in [3.8, 4) is 11.5 Å². The Morgan fingerprint density at radius 1 is 0.415 bits per heavy atom. The van der Waals surface area contributed by atoms with Crippen LogP contribution in [0.2, 0.25) is 0 Å². The maximum atomic E-state index is 5.90. The number of fused-ring (bicyclic) bond motifs is 2. The maximum Gasteiger partial charge on any atom is 0.145 e. The average Bonchev–Trinajstić information content (AvgIpc) is 4.35. The van der Waals surface area contributed by atoms with E-state index in [2.05, 4.69) is 82.4 Å². The Bertz CT molecular complexity index is 3240. The van der Waals surface area contributed by atoms with Crippen LogP contribution in [0.4, 0.5) is 68.6 Å². The van der Waals surface area contributed by atoms with Crippen molar-refractivity contribution in [2.75, 3.05) is 32.8 Å². The van der Waals surface area contributed by atoms with Gasteiger partial charge >= 0.3 is 0 Å². The molecule has 0 N–H and O–H groups in total. The smallest absolute Gasteiger partial charge is 0.145 e. The molecule has 0 spiro atoms. The molecule has 0 atom stereocenters. The van der Waals surface area contributed by atoms with Crippen molar-refractivity contribution in [3.05, 3.63) is 285 Å². The fourth-order valence-corrected chi connectivity index (χ4v) is 8.47. The van der Waals surface area contributed by atoms with E-state index in [0.717, 1.165) is 106 Å². The van der Waals surface area contributed by atoms with Crippen LogP contribution >= 0.6 is 0 Å². The van der Waals surface area contributed by atoms with Crippen molar-refractivity contribution >= 4 is 81.3 Å². The SMILES string of the molecule is C(=Nc1ccccc1)[N-]c1cccc(OCCCCCCOc2cccc(N=C[N-]c3ccccc3)c2)c1.[Pt].[Pt].[c-]1ccccc1N1[CH-]N(c2ccccc2)c2cccnc21.[c-]1ccccc1N1[CH-]N(c2ccccc2)c2nccnc21. The molecule has 10 aromatic rings. The Morgan fingerprint density at radius 3 is 1.51 bits per heavy atom. The Kier molecular flexibility index (Phi) is 23.0. The van der Waals surface area contributed by atoms with Crippen LogP contribution < -0.4 is 29.1 Å². The Balaban J connectivity index is 0.000000170. The van der Waals surface area contributed by atoms with Gasteiger partial charge in [0, 0.05) is 72.1 Å². The number of rotatable bonds is 19. The van der Waals surface area contributed by atoms with Gasteiger partial charge in [0.25, 0.3) is 0 Å². The third-order valence-electron chi connectivity index (χ3n) is 12.4. The predicted octanol–water partition coefficient (Wildman–Crippen LogP) is 17.4. The van der Waals surface area contributed by atoms with Gasteiger partial charge in [-0.05, 0) is 109 Å². The van der Waals surface area contributed by atoms with Gasteiger partial charge in [-0.2, -0.15) is 60.7 Å². The molecule has 0 fully saturated rings. The summed E-state index contributed by atoms with van der Waals surface area (Å²) in [7, 11) is 0. The van der Waals surface area contributed by atoms with Crippen molar-refractivity contribution in [2.24, 2.45) is 9.98 Å². The van der Waals surface area contributed by atoms with Crippen LogP contribution in [0.15, 0.2) is 259 Å². The minimum atomic E-state index is 0. The van der Waals surface area contributed by atoms with E-state index in [-0.39, 0.29) is 42.1 Å². The minimum Gasteiger partial charge on any atom is -0.494 e. The largest absolute Gasteiger partial charge is 0.494 e. The predicted molar refractivity (Wildman–Crippen MR) is 324 cm³/mol. The van der Waals surface area contributed by atoms with Crippen molar-refractivity contribution in [2.45, 2.75) is 25.7 Å². The van der Waals surface area contributed by atoms with Gasteiger partial charge in [-0.3, -0.25) is 0 Å². The van der Waals surface area contributed by atoms with Gasteiger partial charge < -0.3 is 49.7 Å². The van der Waals surface area contributed by atoms with Crippen molar-refractivity contribution in [3.63, 3.8) is 0 Å². The average molecular weight is 1440 g/mol. The molecule has 15 heteroatoms. The van der Waals surface area contributed by atoms with Gasteiger partial charge in [0.15, 0.2) is 0 Å². The number of anilines is 8. The molecule has 0 radical (unpaired) electrons. The van der Waals surface area contributed by atoms with E-state index >= 15 is 0 Å². The zero-order chi connectivity index (χ0) is 54.2. The number of pyridine rings is 1. The number of nitrogens with zero attached hydrogens (tertiary/aromatic N) is 11. The molecule has 2 aromatic heterocycles. The quantitative estimate of drug-likeness (QED) is 0.0337. The topological polar surface area (TPSA) is 123 Å². The van der Waals surface area contributed by atoms with E-state index in [1.165, 1.54) is 0 Å². The Hall–Kier alpha value is -8.89. The minimum absolute atomic E-state index is 0. The second kappa shape index (κ2) is 31.8. The van der Waals surface area contributed by atoms with Crippen molar-refractivity contribution < 1.29 is 51.6 Å². The molecule has 0 amide bonds. The number of hydrogen-bond acceptors (Lipinski definition) is 11. The number of benzene rings is 8. The molecule has 82 heavy (non-hydrogen) atoms. The van der Waals surface area contributed by atoms with Crippen LogP contribution in [0.25, 0.3) is 10.6 Å². The van der Waals surface area contributed by atoms with E-state index in [0.29, 0.717) is 13.2 Å². The Labute approximate surface area is 509 Å². The first-order valence-corrected chi connectivity index (χ1v) is 26.4. The third kappa shape index (κ3) is 16.8. The van der Waals surface area contributed by atoms with Gasteiger partial charge in [0.2, 0.25) is 0 Å². The van der Waals surface area contributed by atoms with Crippen LogP contribution in [0.1, 0.15) is 25.7 Å². The van der Waals surface area contributed by atoms with Gasteiger partial charge in [0.05, 0.1) is 18.9 Å². The van der Waals surface area contributed by atoms with Crippen molar-refractivity contribution in [1.29, 1.82) is 0 Å². The molecule has 2 aliphatic heterocycles. The van der Waals surface area contributed by atoms with Crippen LogP contribution in [0, 0.1) is 25.5 Å². The number of aromatic nitrogens is 3. The number of para-hydroxylation sites is 6. The summed E-state index contributed by atoms with van der Waals surface area (Å²) in [6, 6.07) is 81.7. The van der Waals surface area contributed by atoms with E-state index < -0.39 is 0 Å². The molecule has 4 heterocycles. The first-order chi connectivity index (χ1) is 39.7. The van der Waals surface area contributed by atoms with Gasteiger partial charge in [-0.1, -0.05) is 134 Å². The fraction of sp³-hybridized carbons (Fsp3) is 0.0896. The molecule has 0 aliphatic carbocycles. The summed E-state index contributed by atoms with van der Waals surface area (Å²) >= 11 is 0. The molecular weight excluding hydrogens is 1380 g/mol. The second-order valence-electron chi connectivity index (χ2n) is 18.0. The van der Waals surface area contributed by atoms with Gasteiger partial charge in [-0.25, -0.2) is 15.0 Å². The maximum absolute atomic E-state index is 5.90. The first kappa shape index (κ1) is 59.2. The monoisotopic (exact) mass is 1440 g/mol. The third-order valence-corrected chi connectivity index (χ3v) is 12.4. The molecule has 0 unspecified atom stereocenters. The first-order valence-electron chi connectivity index (χ1n) is 26.4. The van der Waals surface area contributed by atoms with Crippen LogP contribution in [-0.4, -0.2) is 40.8 Å². The molecular formula is C67H57N11O2Pt2-6. The molecule has 0 saturated carbocycles. The fourth-order valence-electron chi connectivity index (χ4n) is 8.47. The molecule has 2 aliphatic rings. The number of ether oxygens (including phenoxy) is 2. The van der Waals surface area contributed by atoms with Crippen LogP contribution in [0.3, 0.4) is 0 Å². The molecule has 13 nitrogen and oxygen atoms in total. The van der Waals surface area contributed by atoms with Gasteiger partial charge in [0.1, 0.15) is 29.0 Å². The molecule has 418 valence electrons. The van der Waals surface area contributed by atoms with E-state index in [1.807, 2.05) is 235 Å². The second-order valence-corrected chi connectivity index (χ2v) is 18.0. The molecule has 8 aromatic carbocycles. The van der Waals surface area contributed by atoms with Crippen LogP contribution in [0.5, 0.6) is 11.5 Å². The molecule has 0 bridgehead atoms. The standard InChI is InChI=1S/C32H32N4O2.C18H13N3.C17H12N4.2Pt/c1(9-21-37-31-19-11-17-29(23-31)35-25-33-27-13-5-3-6-14-27)2-10-22-38-32-20-12-18-30(24-32)36-26-34-28-15-7-4-8-16-28;1-3-8-15(9-4-1)20-14-21(16-10-5-2-6-11-16)18-17(20)12-7-13-19-18;1-3-7-14(8-4-1)20-13-21(15-9-5-2-6-10-15)17-16(20)18-11-12-19-17;;/h3-8,11-20,23-26H,1-2,9-10,21-22H2;1-10,12-14H;1-9,11-13H;;/q3*-2;;. The van der Waals surface area contributed by atoms with Crippen molar-refractivity contribution in [1.82, 2.24) is 15.0 Å². The molecule has 0 saturated heterocycles. The summed E-state index contributed by atoms with van der Waals surface area (Å²) in [6.45, 7) is 5.40. The number of hydrogen-bond donors (Lipinski definition) is 0. The van der Waals surface area contributed by atoms with E-state index in [9.17, 15) is 0 Å². The van der Waals surface area contributed by atoms with Crippen LogP contribution in [-0.2, 0) is 42.1 Å². The van der Waals surface area contributed by atoms with E-state index in [4.69, 9.17) is 9.47 Å². The van der Waals surface area contributed by atoms with E-state index in [1.54, 1.807) is 25.1 Å². The Morgan fingerprint density at radius 2 is 0.890 bits per heavy atom. The summed E-state index contributed by atoms with van der Waals surface area (Å²) < 4.78 is 11.8. The molecule has 12 rings (SSSR count). The number of unbranched alkanes of at least 4 members (excludes halogenated alkanes) is 3. The zero-order valence-electron chi connectivity index (χ0n) is 44.6. The van der Waals surface area contributed by atoms with Gasteiger partial charge in [-0.15, -0.1) is 24.7 Å².